The van der Waals surface area contributed by atoms with Gasteiger partial charge in [0.15, 0.2) is 0 Å². The fourth-order valence-electron chi connectivity index (χ4n) is 3.53. The van der Waals surface area contributed by atoms with Crippen molar-refractivity contribution in [2.75, 3.05) is 16.8 Å². The van der Waals surface area contributed by atoms with E-state index in [2.05, 4.69) is 21.5 Å². The summed E-state index contributed by atoms with van der Waals surface area (Å²) in [4.78, 5) is 31.2. The van der Waals surface area contributed by atoms with E-state index in [1.165, 1.54) is 22.1 Å². The lowest BCUT2D eigenvalue weighted by atomic mass is 10.0. The molecule has 33 heavy (non-hydrogen) atoms. The topological polar surface area (TPSA) is 156 Å². The van der Waals surface area contributed by atoms with Gasteiger partial charge in [-0.1, -0.05) is 24.3 Å². The van der Waals surface area contributed by atoms with Crippen LogP contribution in [0.2, 0.25) is 0 Å². The maximum Gasteiger partial charge on any atom is 0.273 e. The first-order chi connectivity index (χ1) is 16.0. The number of nitrogens with zero attached hydrogens (tertiary/aromatic N) is 3. The molecule has 0 unspecified atom stereocenters. The van der Waals surface area contributed by atoms with E-state index in [0.29, 0.717) is 21.5 Å². The van der Waals surface area contributed by atoms with E-state index in [9.17, 15) is 14.9 Å². The number of pyridine rings is 1. The Morgan fingerprint density at radius 1 is 1.18 bits per heavy atom. The van der Waals surface area contributed by atoms with Gasteiger partial charge in [0.1, 0.15) is 33.0 Å². The van der Waals surface area contributed by atoms with Crippen molar-refractivity contribution in [1.29, 1.82) is 5.26 Å². The number of nitriles is 1. The summed E-state index contributed by atoms with van der Waals surface area (Å²) in [5, 5.41) is 17.6. The minimum Gasteiger partial charge on any atom is -0.397 e. The molecule has 0 fully saturated rings. The van der Waals surface area contributed by atoms with E-state index in [-0.39, 0.29) is 33.3 Å². The summed E-state index contributed by atoms with van der Waals surface area (Å²) >= 11 is 2.50. The molecule has 0 aliphatic rings. The number of carbonyl (C=O) groups excluding carboxylic acids is 1. The SMILES string of the molecule is N#Cc1c(N)nc2sc(C(=O)Nc3cc(=O)n(-c4ccccc4)[nH]3)c(N)c2c1-c1cccs1. The van der Waals surface area contributed by atoms with E-state index in [4.69, 9.17) is 11.5 Å². The molecule has 0 radical (unpaired) electrons. The van der Waals surface area contributed by atoms with Gasteiger partial charge in [-0.15, -0.1) is 22.7 Å². The second kappa shape index (κ2) is 7.94. The fraction of sp³-hybridized carbons (Fsp3) is 0. The van der Waals surface area contributed by atoms with Gasteiger partial charge in [-0.05, 0) is 23.6 Å². The number of fused-ring (bicyclic) bond motifs is 1. The summed E-state index contributed by atoms with van der Waals surface area (Å²) in [6, 6.07) is 16.1. The van der Waals surface area contributed by atoms with Crippen LogP contribution in [-0.4, -0.2) is 20.7 Å². The zero-order valence-electron chi connectivity index (χ0n) is 16.8. The van der Waals surface area contributed by atoms with E-state index in [1.54, 1.807) is 24.3 Å². The Kier molecular flexibility index (Phi) is 4.93. The third-order valence-electron chi connectivity index (χ3n) is 4.97. The third-order valence-corrected chi connectivity index (χ3v) is 6.96. The number of H-pyrrole nitrogens is 1. The molecule has 0 aliphatic carbocycles. The number of thiophene rings is 2. The predicted octanol–water partition coefficient (Wildman–Crippen LogP) is 3.79. The second-order valence-electron chi connectivity index (χ2n) is 6.99. The lowest BCUT2D eigenvalue weighted by Crippen LogP contribution is -2.13. The predicted molar refractivity (Wildman–Crippen MR) is 131 cm³/mol. The normalized spacial score (nSPS) is 10.9. The molecule has 5 rings (SSSR count). The maximum absolute atomic E-state index is 13.1. The van der Waals surface area contributed by atoms with Crippen molar-refractivity contribution in [2.24, 2.45) is 0 Å². The fourth-order valence-corrected chi connectivity index (χ4v) is 5.32. The lowest BCUT2D eigenvalue weighted by Gasteiger charge is -2.07. The molecular formula is C22H15N7O2S2. The summed E-state index contributed by atoms with van der Waals surface area (Å²) < 4.78 is 1.32. The van der Waals surface area contributed by atoms with Gasteiger partial charge in [0.25, 0.3) is 11.5 Å². The summed E-state index contributed by atoms with van der Waals surface area (Å²) in [7, 11) is 0. The Morgan fingerprint density at radius 3 is 2.67 bits per heavy atom. The largest absolute Gasteiger partial charge is 0.397 e. The Hall–Kier alpha value is -4.40. The van der Waals surface area contributed by atoms with Gasteiger partial charge < -0.3 is 16.8 Å². The summed E-state index contributed by atoms with van der Waals surface area (Å²) in [5.74, 6) is -0.216. The number of anilines is 3. The van der Waals surface area contributed by atoms with Crippen LogP contribution in [0.3, 0.4) is 0 Å². The highest BCUT2D eigenvalue weighted by Crippen LogP contribution is 2.43. The van der Waals surface area contributed by atoms with Crippen LogP contribution in [0.5, 0.6) is 0 Å². The molecule has 0 aliphatic heterocycles. The van der Waals surface area contributed by atoms with Gasteiger partial charge in [0, 0.05) is 21.9 Å². The van der Waals surface area contributed by atoms with Crippen molar-refractivity contribution >= 4 is 56.1 Å². The average molecular weight is 474 g/mol. The van der Waals surface area contributed by atoms with Crippen LogP contribution in [0.1, 0.15) is 15.2 Å². The molecule has 5 aromatic rings. The maximum atomic E-state index is 13.1. The molecule has 0 saturated carbocycles. The van der Waals surface area contributed by atoms with Crippen LogP contribution in [0.15, 0.2) is 58.7 Å². The molecule has 1 amide bonds. The number of nitrogen functional groups attached to an aromatic ring is 2. The smallest absolute Gasteiger partial charge is 0.273 e. The zero-order chi connectivity index (χ0) is 23.1. The van der Waals surface area contributed by atoms with Crippen LogP contribution >= 0.6 is 22.7 Å². The zero-order valence-corrected chi connectivity index (χ0v) is 18.5. The van der Waals surface area contributed by atoms with E-state index in [1.807, 2.05) is 23.6 Å². The molecule has 0 spiro atoms. The highest BCUT2D eigenvalue weighted by molar-refractivity contribution is 7.21. The van der Waals surface area contributed by atoms with E-state index >= 15 is 0 Å². The quantitative estimate of drug-likeness (QED) is 0.311. The van der Waals surface area contributed by atoms with E-state index in [0.717, 1.165) is 16.2 Å². The highest BCUT2D eigenvalue weighted by atomic mass is 32.1. The molecule has 11 heteroatoms. The number of nitrogens with one attached hydrogen (secondary N) is 2. The van der Waals surface area contributed by atoms with Gasteiger partial charge >= 0.3 is 0 Å². The van der Waals surface area contributed by atoms with Crippen molar-refractivity contribution in [3.63, 3.8) is 0 Å². The first-order valence-corrected chi connectivity index (χ1v) is 11.3. The second-order valence-corrected chi connectivity index (χ2v) is 8.94. The molecule has 0 saturated heterocycles. The number of hydrogen-bond donors (Lipinski definition) is 4. The number of amides is 1. The lowest BCUT2D eigenvalue weighted by molar-refractivity contribution is 0.103. The number of aromatic nitrogens is 3. The number of nitrogens with two attached hydrogens (primary N) is 2. The number of benzene rings is 1. The number of rotatable bonds is 4. The number of aromatic amines is 1. The summed E-state index contributed by atoms with van der Waals surface area (Å²) in [5.41, 5.74) is 13.7. The van der Waals surface area contributed by atoms with Gasteiger partial charge in [-0.3, -0.25) is 14.7 Å². The van der Waals surface area contributed by atoms with Crippen LogP contribution in [0.25, 0.3) is 26.3 Å². The minimum atomic E-state index is -0.508. The Balaban J connectivity index is 1.57. The van der Waals surface area contributed by atoms with Gasteiger partial charge in [0.05, 0.1) is 11.4 Å². The van der Waals surface area contributed by atoms with Crippen molar-refractivity contribution in [2.45, 2.75) is 0 Å². The summed E-state index contributed by atoms with van der Waals surface area (Å²) in [6.45, 7) is 0. The van der Waals surface area contributed by atoms with Crippen molar-refractivity contribution in [1.82, 2.24) is 14.8 Å². The van der Waals surface area contributed by atoms with Gasteiger partial charge in [-0.2, -0.15) is 5.26 Å². The molecule has 4 heterocycles. The van der Waals surface area contributed by atoms with Crippen LogP contribution in [-0.2, 0) is 0 Å². The average Bonchev–Trinajstić information content (AvgIpc) is 3.53. The Morgan fingerprint density at radius 2 is 1.97 bits per heavy atom. The molecule has 0 bridgehead atoms. The standard InChI is InChI=1S/C22H15N7O2S2/c23-10-12-16(13-7-4-8-32-13)17-18(24)19(33-22(17)27-20(12)25)21(31)26-14-9-15(30)29(28-14)11-5-2-1-3-6-11/h1-9,28H,24H2,(H2,25,27)(H,26,31). The first kappa shape index (κ1) is 20.5. The number of carbonyl (C=O) groups is 1. The van der Waals surface area contributed by atoms with Crippen LogP contribution in [0, 0.1) is 11.3 Å². The molecule has 162 valence electrons. The number of hydrogen-bond acceptors (Lipinski definition) is 8. The molecule has 9 nitrogen and oxygen atoms in total. The molecule has 0 atom stereocenters. The molecule has 4 aromatic heterocycles. The van der Waals surface area contributed by atoms with Gasteiger partial charge in [0.2, 0.25) is 0 Å². The highest BCUT2D eigenvalue weighted by Gasteiger charge is 2.25. The minimum absolute atomic E-state index is 0.0749. The number of para-hydroxylation sites is 1. The first-order valence-electron chi connectivity index (χ1n) is 9.62. The molecular weight excluding hydrogens is 458 g/mol. The summed E-state index contributed by atoms with van der Waals surface area (Å²) in [6.07, 6.45) is 0. The third kappa shape index (κ3) is 3.43. The monoisotopic (exact) mass is 473 g/mol. The Labute approximate surface area is 194 Å². The van der Waals surface area contributed by atoms with Gasteiger partial charge in [-0.25, -0.2) is 9.67 Å². The molecule has 1 aromatic carbocycles. The van der Waals surface area contributed by atoms with Crippen molar-refractivity contribution in [3.8, 4) is 22.2 Å². The van der Waals surface area contributed by atoms with Crippen molar-refractivity contribution in [3.05, 3.63) is 74.7 Å². The van der Waals surface area contributed by atoms with Crippen molar-refractivity contribution < 1.29 is 4.79 Å². The van der Waals surface area contributed by atoms with E-state index < -0.39 is 5.91 Å². The van der Waals surface area contributed by atoms with Crippen LogP contribution < -0.4 is 22.3 Å². The van der Waals surface area contributed by atoms with Crippen LogP contribution in [0.4, 0.5) is 17.3 Å². The molecule has 6 N–H and O–H groups in total. The Bertz CT molecular complexity index is 1610.